The molecule has 0 spiro atoms. The Kier molecular flexibility index (Phi) is 8.69. The van der Waals surface area contributed by atoms with Crippen molar-refractivity contribution in [3.8, 4) is 11.5 Å². The zero-order valence-electron chi connectivity index (χ0n) is 19.6. The molecule has 1 aromatic carbocycles. The van der Waals surface area contributed by atoms with E-state index in [0.29, 0.717) is 55.2 Å². The molecule has 2 fully saturated rings. The van der Waals surface area contributed by atoms with Crippen LogP contribution in [0.5, 0.6) is 11.5 Å². The van der Waals surface area contributed by atoms with E-state index in [-0.39, 0.29) is 11.8 Å². The average Bonchev–Trinajstić information content (AvgIpc) is 3.06. The summed E-state index contributed by atoms with van der Waals surface area (Å²) in [5.41, 5.74) is 6.82. The van der Waals surface area contributed by atoms with Gasteiger partial charge in [-0.3, -0.25) is 4.79 Å². The Bertz CT molecular complexity index is 784. The van der Waals surface area contributed by atoms with Crippen molar-refractivity contribution in [2.75, 3.05) is 51.7 Å². The number of likely N-dealkylation sites (tertiary alicyclic amines) is 1. The molecule has 4 N–H and O–H groups in total. The largest absolute Gasteiger partial charge is 0.489 e. The maximum absolute atomic E-state index is 12.9. The minimum atomic E-state index is -0.462. The smallest absolute Gasteiger partial charge is 0.255 e. The van der Waals surface area contributed by atoms with Gasteiger partial charge in [0.25, 0.3) is 5.91 Å². The lowest BCUT2D eigenvalue weighted by molar-refractivity contribution is 0.00425. The Hall–Kier alpha value is -2.03. The number of nitrogens with zero attached hydrogens (tertiary/aromatic N) is 1. The number of amides is 1. The third-order valence-electron chi connectivity index (χ3n) is 6.97. The molecule has 2 atom stereocenters. The van der Waals surface area contributed by atoms with Crippen molar-refractivity contribution in [3.63, 3.8) is 0 Å². The fourth-order valence-corrected chi connectivity index (χ4v) is 5.04. The van der Waals surface area contributed by atoms with E-state index in [1.54, 1.807) is 12.1 Å². The molecule has 1 aromatic rings. The number of ether oxygens (including phenoxy) is 3. The number of carbonyl (C=O) groups excluding carboxylic acids is 1. The van der Waals surface area contributed by atoms with E-state index in [2.05, 4.69) is 10.2 Å². The number of nitrogens with two attached hydrogens (primary N) is 1. The molecule has 3 aliphatic rings. The second-order valence-corrected chi connectivity index (χ2v) is 9.56. The van der Waals surface area contributed by atoms with Crippen molar-refractivity contribution in [2.24, 2.45) is 5.92 Å². The van der Waals surface area contributed by atoms with Gasteiger partial charge in [0.1, 0.15) is 0 Å². The fourth-order valence-electron chi connectivity index (χ4n) is 5.04. The zero-order valence-corrected chi connectivity index (χ0v) is 19.6. The van der Waals surface area contributed by atoms with E-state index in [1.165, 1.54) is 32.1 Å². The van der Waals surface area contributed by atoms with E-state index < -0.39 is 6.10 Å². The molecule has 8 heteroatoms. The van der Waals surface area contributed by atoms with E-state index in [4.69, 9.17) is 19.9 Å². The van der Waals surface area contributed by atoms with Crippen LogP contribution < -0.4 is 20.5 Å². The quantitative estimate of drug-likeness (QED) is 0.404. The van der Waals surface area contributed by atoms with Crippen LogP contribution in [0.2, 0.25) is 0 Å². The Labute approximate surface area is 196 Å². The molecule has 1 saturated carbocycles. The molecule has 0 aromatic heterocycles. The van der Waals surface area contributed by atoms with Gasteiger partial charge in [0, 0.05) is 50.3 Å². The monoisotopic (exact) mass is 461 g/mol. The molecular formula is C25H39N3O5. The number of rotatable bonds is 8. The standard InChI is InChI=1S/C25H39N3O5/c26-19-14-21(24-23(15-19)32-12-5-13-33-24)25(30)27-16-18-8-10-28(17-22(18)29)9-4-11-31-20-6-2-1-3-7-20/h14-15,18,20,22,29H,1-13,16-17,26H2,(H,27,30)/t18-,22?/m0/s1. The molecule has 1 amide bonds. The lowest BCUT2D eigenvalue weighted by atomic mass is 9.93. The molecule has 1 aliphatic carbocycles. The van der Waals surface area contributed by atoms with E-state index >= 15 is 0 Å². The third-order valence-corrected chi connectivity index (χ3v) is 6.97. The first-order valence-corrected chi connectivity index (χ1v) is 12.6. The average molecular weight is 462 g/mol. The van der Waals surface area contributed by atoms with E-state index in [9.17, 15) is 9.90 Å². The first-order chi connectivity index (χ1) is 16.1. The van der Waals surface area contributed by atoms with Crippen LogP contribution in [-0.2, 0) is 4.74 Å². The van der Waals surface area contributed by atoms with Gasteiger partial charge in [-0.2, -0.15) is 0 Å². The van der Waals surface area contributed by atoms with Crippen molar-refractivity contribution in [1.29, 1.82) is 0 Å². The van der Waals surface area contributed by atoms with Crippen LogP contribution >= 0.6 is 0 Å². The van der Waals surface area contributed by atoms with Gasteiger partial charge in [-0.1, -0.05) is 19.3 Å². The number of nitrogens with one attached hydrogen (secondary N) is 1. The van der Waals surface area contributed by atoms with Gasteiger partial charge in [0.15, 0.2) is 11.5 Å². The zero-order chi connectivity index (χ0) is 23.0. The number of anilines is 1. The Morgan fingerprint density at radius 3 is 2.79 bits per heavy atom. The summed E-state index contributed by atoms with van der Waals surface area (Å²) >= 11 is 0. The van der Waals surface area contributed by atoms with Crippen molar-refractivity contribution in [2.45, 2.75) is 63.6 Å². The van der Waals surface area contributed by atoms with Gasteiger partial charge in [0.2, 0.25) is 0 Å². The van der Waals surface area contributed by atoms with Crippen LogP contribution in [0.1, 0.15) is 61.7 Å². The number of hydrogen-bond acceptors (Lipinski definition) is 7. The van der Waals surface area contributed by atoms with Crippen molar-refractivity contribution in [1.82, 2.24) is 10.2 Å². The molecule has 0 bridgehead atoms. The third kappa shape index (κ3) is 6.74. The summed E-state index contributed by atoms with van der Waals surface area (Å²) in [7, 11) is 0. The van der Waals surface area contributed by atoms with Crippen molar-refractivity contribution in [3.05, 3.63) is 17.7 Å². The van der Waals surface area contributed by atoms with Gasteiger partial charge in [-0.15, -0.1) is 0 Å². The minimum absolute atomic E-state index is 0.0283. The summed E-state index contributed by atoms with van der Waals surface area (Å²) in [6.45, 7) is 4.75. The van der Waals surface area contributed by atoms with Gasteiger partial charge < -0.3 is 35.3 Å². The topological polar surface area (TPSA) is 106 Å². The summed E-state index contributed by atoms with van der Waals surface area (Å²) < 4.78 is 17.5. The molecule has 0 radical (unpaired) electrons. The highest BCUT2D eigenvalue weighted by atomic mass is 16.5. The normalized spacial score (nSPS) is 24.3. The number of piperidine rings is 1. The van der Waals surface area contributed by atoms with Gasteiger partial charge >= 0.3 is 0 Å². The van der Waals surface area contributed by atoms with Crippen LogP contribution in [0.15, 0.2) is 12.1 Å². The summed E-state index contributed by atoms with van der Waals surface area (Å²) in [5, 5.41) is 13.6. The lowest BCUT2D eigenvalue weighted by Gasteiger charge is -2.36. The van der Waals surface area contributed by atoms with Crippen LogP contribution in [-0.4, -0.2) is 74.1 Å². The number of fused-ring (bicyclic) bond motifs is 1. The van der Waals surface area contributed by atoms with E-state index in [0.717, 1.165) is 39.0 Å². The molecule has 4 rings (SSSR count). The minimum Gasteiger partial charge on any atom is -0.489 e. The molecule has 2 aliphatic heterocycles. The van der Waals surface area contributed by atoms with Crippen molar-refractivity contribution < 1.29 is 24.1 Å². The molecule has 1 saturated heterocycles. The lowest BCUT2D eigenvalue weighted by Crippen LogP contribution is -2.48. The number of hydrogen-bond donors (Lipinski definition) is 3. The molecule has 33 heavy (non-hydrogen) atoms. The number of β-amino-alcohol motifs (C(OH)–C–C–N with tert-alkyl or cyclic N) is 1. The molecule has 8 nitrogen and oxygen atoms in total. The number of aliphatic hydroxyl groups is 1. The highest BCUT2D eigenvalue weighted by Crippen LogP contribution is 2.35. The van der Waals surface area contributed by atoms with Gasteiger partial charge in [-0.05, 0) is 38.3 Å². The van der Waals surface area contributed by atoms with Gasteiger partial charge in [-0.25, -0.2) is 0 Å². The number of aliphatic hydroxyl groups excluding tert-OH is 1. The molecular weight excluding hydrogens is 422 g/mol. The van der Waals surface area contributed by atoms with Crippen LogP contribution in [0.4, 0.5) is 5.69 Å². The first-order valence-electron chi connectivity index (χ1n) is 12.6. The number of carbonyl (C=O) groups is 1. The molecule has 1 unspecified atom stereocenters. The summed E-state index contributed by atoms with van der Waals surface area (Å²) in [6.07, 6.45) is 8.92. The maximum atomic E-state index is 12.9. The van der Waals surface area contributed by atoms with Crippen molar-refractivity contribution >= 4 is 11.6 Å². The number of nitrogen functional groups attached to an aromatic ring is 1. The van der Waals surface area contributed by atoms with Gasteiger partial charge in [0.05, 0.1) is 31.0 Å². The number of benzene rings is 1. The Balaban J connectivity index is 1.20. The highest BCUT2D eigenvalue weighted by Gasteiger charge is 2.29. The maximum Gasteiger partial charge on any atom is 0.255 e. The second kappa shape index (κ2) is 11.9. The van der Waals surface area contributed by atoms with Crippen LogP contribution in [0.3, 0.4) is 0 Å². The van der Waals surface area contributed by atoms with E-state index in [1.807, 2.05) is 0 Å². The second-order valence-electron chi connectivity index (χ2n) is 9.56. The predicted molar refractivity (Wildman–Crippen MR) is 127 cm³/mol. The summed E-state index contributed by atoms with van der Waals surface area (Å²) in [6, 6.07) is 3.31. The van der Waals surface area contributed by atoms with Crippen LogP contribution in [0.25, 0.3) is 0 Å². The van der Waals surface area contributed by atoms with Crippen LogP contribution in [0, 0.1) is 5.92 Å². The highest BCUT2D eigenvalue weighted by molar-refractivity contribution is 5.98. The Morgan fingerprint density at radius 2 is 1.97 bits per heavy atom. The SMILES string of the molecule is Nc1cc2c(c(C(=O)NC[C@@H]3CCN(CCCOC4CCCCC4)CC3O)c1)OCCCO2. The molecule has 2 heterocycles. The summed E-state index contributed by atoms with van der Waals surface area (Å²) in [5.74, 6) is 0.738. The predicted octanol–water partition coefficient (Wildman–Crippen LogP) is 2.58. The first kappa shape index (κ1) is 24.1. The summed E-state index contributed by atoms with van der Waals surface area (Å²) in [4.78, 5) is 15.2. The Morgan fingerprint density at radius 1 is 1.15 bits per heavy atom. The fraction of sp³-hybridized carbons (Fsp3) is 0.720. The molecule has 184 valence electrons.